The van der Waals surface area contributed by atoms with Gasteiger partial charge in [0.15, 0.2) is 11.5 Å². The Morgan fingerprint density at radius 3 is 2.61 bits per heavy atom. The number of nitrogens with two attached hydrogens (primary N) is 1. The fourth-order valence-corrected chi connectivity index (χ4v) is 1.85. The third-order valence-corrected chi connectivity index (χ3v) is 2.80. The summed E-state index contributed by atoms with van der Waals surface area (Å²) in [5.41, 5.74) is 7.25. The Morgan fingerprint density at radius 2 is 2.06 bits per heavy atom. The Kier molecular flexibility index (Phi) is 3.36. The van der Waals surface area contributed by atoms with Gasteiger partial charge in [0, 0.05) is 12.0 Å². The highest BCUT2D eigenvalue weighted by Gasteiger charge is 2.18. The third kappa shape index (κ3) is 2.22. The minimum atomic E-state index is -0.0366. The Morgan fingerprint density at radius 1 is 1.33 bits per heavy atom. The molecule has 6 nitrogen and oxygen atoms in total. The van der Waals surface area contributed by atoms with Crippen LogP contribution in [0.1, 0.15) is 12.0 Å². The van der Waals surface area contributed by atoms with Gasteiger partial charge in [-0.25, -0.2) is 5.01 Å². The van der Waals surface area contributed by atoms with E-state index in [1.807, 2.05) is 18.2 Å². The third-order valence-electron chi connectivity index (χ3n) is 2.80. The first-order valence-electron chi connectivity index (χ1n) is 5.57. The van der Waals surface area contributed by atoms with Crippen molar-refractivity contribution in [1.82, 2.24) is 5.01 Å². The van der Waals surface area contributed by atoms with Crippen LogP contribution in [-0.4, -0.2) is 37.4 Å². The van der Waals surface area contributed by atoms with Gasteiger partial charge in [-0.15, -0.1) is 0 Å². The molecule has 1 heterocycles. The largest absolute Gasteiger partial charge is 0.493 e. The first kappa shape index (κ1) is 12.2. The van der Waals surface area contributed by atoms with Crippen molar-refractivity contribution in [2.75, 3.05) is 20.8 Å². The molecule has 1 aromatic carbocycles. The highest BCUT2D eigenvalue weighted by molar-refractivity contribution is 6.03. The average Bonchev–Trinajstić information content (AvgIpc) is 2.87. The topological polar surface area (TPSA) is 83.9 Å². The summed E-state index contributed by atoms with van der Waals surface area (Å²) in [5.74, 6) is 1.31. The van der Waals surface area contributed by atoms with Crippen molar-refractivity contribution < 1.29 is 9.47 Å². The maximum Gasteiger partial charge on any atom is 0.209 e. The van der Waals surface area contributed by atoms with Crippen molar-refractivity contribution in [2.24, 2.45) is 10.8 Å². The van der Waals surface area contributed by atoms with Crippen LogP contribution in [0.5, 0.6) is 11.5 Å². The quantitative estimate of drug-likeness (QED) is 0.617. The van der Waals surface area contributed by atoms with Gasteiger partial charge < -0.3 is 15.2 Å². The SMILES string of the molecule is COc1ccc(C2=NN(C(=N)N)CC2)cc1OC. The van der Waals surface area contributed by atoms with E-state index >= 15 is 0 Å². The molecule has 0 amide bonds. The highest BCUT2D eigenvalue weighted by Crippen LogP contribution is 2.28. The van der Waals surface area contributed by atoms with Crippen LogP contribution < -0.4 is 15.2 Å². The molecule has 0 aromatic heterocycles. The van der Waals surface area contributed by atoms with E-state index < -0.39 is 0 Å². The number of guanidine groups is 1. The summed E-state index contributed by atoms with van der Waals surface area (Å²) in [6, 6.07) is 5.64. The molecule has 0 aliphatic carbocycles. The number of nitrogens with zero attached hydrogens (tertiary/aromatic N) is 2. The summed E-state index contributed by atoms with van der Waals surface area (Å²) >= 11 is 0. The fraction of sp³-hybridized carbons (Fsp3) is 0.333. The second-order valence-electron chi connectivity index (χ2n) is 3.87. The van der Waals surface area contributed by atoms with Crippen LogP contribution in [0.15, 0.2) is 23.3 Å². The zero-order chi connectivity index (χ0) is 13.1. The number of ether oxygens (including phenoxy) is 2. The van der Waals surface area contributed by atoms with Crippen molar-refractivity contribution in [3.63, 3.8) is 0 Å². The summed E-state index contributed by atoms with van der Waals surface area (Å²) in [6.07, 6.45) is 0.759. The molecule has 96 valence electrons. The minimum absolute atomic E-state index is 0.0366. The number of methoxy groups -OCH3 is 2. The molecule has 0 spiro atoms. The molecule has 0 radical (unpaired) electrons. The van der Waals surface area contributed by atoms with Gasteiger partial charge >= 0.3 is 0 Å². The van der Waals surface area contributed by atoms with Crippen LogP contribution >= 0.6 is 0 Å². The van der Waals surface area contributed by atoms with Crippen LogP contribution in [-0.2, 0) is 0 Å². The number of nitrogens with one attached hydrogen (secondary N) is 1. The summed E-state index contributed by atoms with van der Waals surface area (Å²) in [7, 11) is 3.20. The Labute approximate surface area is 105 Å². The Bertz CT molecular complexity index is 499. The second kappa shape index (κ2) is 4.95. The molecule has 0 saturated carbocycles. The van der Waals surface area contributed by atoms with Crippen LogP contribution in [0.4, 0.5) is 0 Å². The summed E-state index contributed by atoms with van der Waals surface area (Å²) in [6.45, 7) is 0.638. The zero-order valence-electron chi connectivity index (χ0n) is 10.4. The van der Waals surface area contributed by atoms with Crippen molar-refractivity contribution in [1.29, 1.82) is 5.41 Å². The standard InChI is InChI=1S/C12H16N4O2/c1-17-10-4-3-8(7-11(10)18-2)9-5-6-16(15-9)12(13)14/h3-4,7H,5-6H2,1-2H3,(H3,13,14). The summed E-state index contributed by atoms with van der Waals surface area (Å²) in [4.78, 5) is 0. The van der Waals surface area contributed by atoms with Gasteiger partial charge in [0.25, 0.3) is 0 Å². The maximum absolute atomic E-state index is 7.34. The molecule has 1 aromatic rings. The van der Waals surface area contributed by atoms with Gasteiger partial charge in [-0.2, -0.15) is 5.10 Å². The van der Waals surface area contributed by atoms with E-state index in [0.29, 0.717) is 18.0 Å². The van der Waals surface area contributed by atoms with Crippen LogP contribution in [0.25, 0.3) is 0 Å². The summed E-state index contributed by atoms with van der Waals surface area (Å²) in [5, 5.41) is 13.1. The molecule has 6 heteroatoms. The molecule has 2 rings (SSSR count). The molecule has 0 bridgehead atoms. The molecule has 1 aliphatic rings. The predicted octanol–water partition coefficient (Wildman–Crippen LogP) is 1.01. The van der Waals surface area contributed by atoms with E-state index in [9.17, 15) is 0 Å². The van der Waals surface area contributed by atoms with E-state index in [1.54, 1.807) is 14.2 Å². The average molecular weight is 248 g/mol. The fourth-order valence-electron chi connectivity index (χ4n) is 1.85. The molecular weight excluding hydrogens is 232 g/mol. The number of hydrogen-bond acceptors (Lipinski definition) is 4. The van der Waals surface area contributed by atoms with Crippen molar-refractivity contribution in [3.8, 4) is 11.5 Å². The lowest BCUT2D eigenvalue weighted by atomic mass is 10.1. The van der Waals surface area contributed by atoms with E-state index in [2.05, 4.69) is 5.10 Å². The van der Waals surface area contributed by atoms with Crippen molar-refractivity contribution >= 4 is 11.7 Å². The number of hydrazone groups is 1. The van der Waals surface area contributed by atoms with E-state index in [1.165, 1.54) is 5.01 Å². The van der Waals surface area contributed by atoms with Crippen LogP contribution in [0, 0.1) is 5.41 Å². The molecule has 18 heavy (non-hydrogen) atoms. The second-order valence-corrected chi connectivity index (χ2v) is 3.87. The molecular formula is C12H16N4O2. The molecule has 0 atom stereocenters. The molecule has 0 saturated heterocycles. The summed E-state index contributed by atoms with van der Waals surface area (Å²) < 4.78 is 10.4. The molecule has 0 fully saturated rings. The number of benzene rings is 1. The van der Waals surface area contributed by atoms with E-state index in [-0.39, 0.29) is 5.96 Å². The first-order valence-corrected chi connectivity index (χ1v) is 5.57. The van der Waals surface area contributed by atoms with E-state index in [4.69, 9.17) is 20.6 Å². The van der Waals surface area contributed by atoms with Gasteiger partial charge in [0.05, 0.1) is 26.5 Å². The minimum Gasteiger partial charge on any atom is -0.493 e. The Hall–Kier alpha value is -2.24. The van der Waals surface area contributed by atoms with Crippen LogP contribution in [0.2, 0.25) is 0 Å². The molecule has 0 unspecified atom stereocenters. The van der Waals surface area contributed by atoms with Crippen LogP contribution in [0.3, 0.4) is 0 Å². The van der Waals surface area contributed by atoms with Gasteiger partial charge in [0.1, 0.15) is 0 Å². The van der Waals surface area contributed by atoms with Gasteiger partial charge in [-0.05, 0) is 18.2 Å². The lowest BCUT2D eigenvalue weighted by Gasteiger charge is -2.09. The number of rotatable bonds is 3. The van der Waals surface area contributed by atoms with E-state index in [0.717, 1.165) is 17.7 Å². The number of hydrogen-bond donors (Lipinski definition) is 2. The molecule has 1 aliphatic heterocycles. The maximum atomic E-state index is 7.34. The monoisotopic (exact) mass is 248 g/mol. The highest BCUT2D eigenvalue weighted by atomic mass is 16.5. The smallest absolute Gasteiger partial charge is 0.209 e. The predicted molar refractivity (Wildman–Crippen MR) is 69.3 cm³/mol. The lowest BCUT2D eigenvalue weighted by molar-refractivity contribution is 0.355. The van der Waals surface area contributed by atoms with Crippen molar-refractivity contribution in [2.45, 2.75) is 6.42 Å². The van der Waals surface area contributed by atoms with Crippen molar-refractivity contribution in [3.05, 3.63) is 23.8 Å². The lowest BCUT2D eigenvalue weighted by Crippen LogP contribution is -2.29. The normalized spacial score (nSPS) is 14.3. The Balaban J connectivity index is 2.30. The van der Waals surface area contributed by atoms with Gasteiger partial charge in [-0.3, -0.25) is 5.41 Å². The first-order chi connectivity index (χ1) is 8.65. The molecule has 3 N–H and O–H groups in total. The zero-order valence-corrected chi connectivity index (χ0v) is 10.4. The van der Waals surface area contributed by atoms with Gasteiger partial charge in [0.2, 0.25) is 5.96 Å². The van der Waals surface area contributed by atoms with Gasteiger partial charge in [-0.1, -0.05) is 0 Å².